The summed E-state index contributed by atoms with van der Waals surface area (Å²) in [5.41, 5.74) is 3.30. The van der Waals surface area contributed by atoms with Crippen molar-refractivity contribution >= 4 is 0 Å². The van der Waals surface area contributed by atoms with Crippen LogP contribution >= 0.6 is 0 Å². The number of benzene rings is 1. The van der Waals surface area contributed by atoms with E-state index in [-0.39, 0.29) is 11.2 Å². The summed E-state index contributed by atoms with van der Waals surface area (Å²) < 4.78 is 1.86. The molecule has 16 heavy (non-hydrogen) atoms. The van der Waals surface area contributed by atoms with Crippen molar-refractivity contribution in [3.05, 3.63) is 46.5 Å². The van der Waals surface area contributed by atoms with Crippen molar-refractivity contribution in [2.75, 3.05) is 0 Å². The molecule has 0 spiro atoms. The molecule has 0 amide bonds. The van der Waals surface area contributed by atoms with Crippen molar-refractivity contribution in [3.8, 4) is 11.3 Å². The molecule has 1 aromatic heterocycles. The van der Waals surface area contributed by atoms with Crippen LogP contribution in [0, 0.1) is 0 Å². The normalized spacial score (nSPS) is 16.6. The predicted octanol–water partition coefficient (Wildman–Crippen LogP) is 2.13. The average Bonchev–Trinajstić information content (AvgIpc) is 2.61. The third-order valence-corrected chi connectivity index (χ3v) is 3.30. The maximum absolute atomic E-state index is 11.8. The van der Waals surface area contributed by atoms with Crippen LogP contribution in [-0.2, 0) is 12.0 Å². The number of aromatic amines is 1. The predicted molar refractivity (Wildman–Crippen MR) is 63.5 cm³/mol. The Labute approximate surface area is 93.7 Å². The highest BCUT2D eigenvalue weighted by Gasteiger charge is 2.31. The smallest absolute Gasteiger partial charge is 0.312 e. The summed E-state index contributed by atoms with van der Waals surface area (Å²) in [6, 6.07) is 8.27. The van der Waals surface area contributed by atoms with Crippen LogP contribution in [-0.4, -0.2) is 9.55 Å². The van der Waals surface area contributed by atoms with Gasteiger partial charge >= 0.3 is 5.69 Å². The first kappa shape index (κ1) is 9.46. The molecule has 1 N–H and O–H groups in total. The van der Waals surface area contributed by atoms with Gasteiger partial charge in [-0.15, -0.1) is 0 Å². The van der Waals surface area contributed by atoms with Crippen LogP contribution < -0.4 is 5.69 Å². The fourth-order valence-corrected chi connectivity index (χ4v) is 2.64. The Morgan fingerprint density at radius 1 is 1.31 bits per heavy atom. The molecule has 0 radical (unpaired) electrons. The summed E-state index contributed by atoms with van der Waals surface area (Å²) in [6.07, 6.45) is 2.70. The first-order chi connectivity index (χ1) is 7.59. The molecule has 3 heteroatoms. The van der Waals surface area contributed by atoms with Crippen LogP contribution in [0.3, 0.4) is 0 Å². The molecular formula is C13H14N2O. The second kappa shape index (κ2) is 2.88. The quantitative estimate of drug-likeness (QED) is 0.716. The Hall–Kier alpha value is -1.77. The van der Waals surface area contributed by atoms with Crippen LogP contribution in [0.2, 0.25) is 0 Å². The molecule has 0 fully saturated rings. The lowest BCUT2D eigenvalue weighted by Gasteiger charge is -2.33. The number of H-pyrrole nitrogens is 1. The van der Waals surface area contributed by atoms with Crippen LogP contribution in [0.25, 0.3) is 11.3 Å². The van der Waals surface area contributed by atoms with Gasteiger partial charge in [0.1, 0.15) is 0 Å². The minimum Gasteiger partial charge on any atom is -0.312 e. The first-order valence-electron chi connectivity index (χ1n) is 5.49. The zero-order valence-electron chi connectivity index (χ0n) is 9.45. The molecule has 1 aliphatic heterocycles. The molecular weight excluding hydrogens is 200 g/mol. The maximum atomic E-state index is 11.8. The third kappa shape index (κ3) is 1.11. The zero-order valence-corrected chi connectivity index (χ0v) is 9.45. The van der Waals surface area contributed by atoms with Crippen LogP contribution in [0.1, 0.15) is 19.4 Å². The molecule has 1 aliphatic rings. The number of nitrogens with one attached hydrogen (secondary N) is 1. The lowest BCUT2D eigenvalue weighted by atomic mass is 9.86. The Bertz CT molecular complexity index is 604. The fourth-order valence-electron chi connectivity index (χ4n) is 2.64. The SMILES string of the molecule is CC1(C)Cc2ccccc2-c2c[nH]c(=O)n21. The van der Waals surface area contributed by atoms with Gasteiger partial charge < -0.3 is 4.98 Å². The molecule has 82 valence electrons. The number of nitrogens with zero attached hydrogens (tertiary/aromatic N) is 1. The van der Waals surface area contributed by atoms with Gasteiger partial charge in [0.2, 0.25) is 0 Å². The van der Waals surface area contributed by atoms with Gasteiger partial charge in [-0.25, -0.2) is 4.79 Å². The Kier molecular flexibility index (Phi) is 1.70. The van der Waals surface area contributed by atoms with Crippen molar-refractivity contribution in [2.24, 2.45) is 0 Å². The minimum absolute atomic E-state index is 0.0190. The number of hydrogen-bond donors (Lipinski definition) is 1. The van der Waals surface area contributed by atoms with Crippen LogP contribution in [0.15, 0.2) is 35.3 Å². The van der Waals surface area contributed by atoms with Crippen molar-refractivity contribution < 1.29 is 0 Å². The van der Waals surface area contributed by atoms with E-state index in [1.54, 1.807) is 0 Å². The molecule has 1 aromatic carbocycles. The average molecular weight is 214 g/mol. The van der Waals surface area contributed by atoms with Crippen LogP contribution in [0.5, 0.6) is 0 Å². The molecule has 2 heterocycles. The maximum Gasteiger partial charge on any atom is 0.326 e. The lowest BCUT2D eigenvalue weighted by Crippen LogP contribution is -2.39. The summed E-state index contributed by atoms with van der Waals surface area (Å²) in [5.74, 6) is 0. The summed E-state index contributed by atoms with van der Waals surface area (Å²) in [5, 5.41) is 0. The molecule has 3 nitrogen and oxygen atoms in total. The number of rotatable bonds is 0. The number of fused-ring (bicyclic) bond motifs is 3. The molecule has 0 unspecified atom stereocenters. The van der Waals surface area contributed by atoms with E-state index in [0.29, 0.717) is 0 Å². The fraction of sp³-hybridized carbons (Fsp3) is 0.308. The van der Waals surface area contributed by atoms with Crippen molar-refractivity contribution in [1.82, 2.24) is 9.55 Å². The molecule has 2 aromatic rings. The number of imidazole rings is 1. The van der Waals surface area contributed by atoms with E-state index in [0.717, 1.165) is 12.1 Å². The number of aromatic nitrogens is 2. The highest BCUT2D eigenvalue weighted by atomic mass is 16.1. The van der Waals surface area contributed by atoms with Crippen molar-refractivity contribution in [1.29, 1.82) is 0 Å². The zero-order chi connectivity index (χ0) is 11.3. The standard InChI is InChI=1S/C13H14N2O/c1-13(2)7-9-5-3-4-6-10(9)11-8-14-12(16)15(11)13/h3-6,8H,7H2,1-2H3,(H,14,16). The van der Waals surface area contributed by atoms with Gasteiger partial charge in [0.15, 0.2) is 0 Å². The summed E-state index contributed by atoms with van der Waals surface area (Å²) in [7, 11) is 0. The number of hydrogen-bond acceptors (Lipinski definition) is 1. The second-order valence-electron chi connectivity index (χ2n) is 4.96. The summed E-state index contributed by atoms with van der Waals surface area (Å²) >= 11 is 0. The Morgan fingerprint density at radius 3 is 2.88 bits per heavy atom. The van der Waals surface area contributed by atoms with Gasteiger partial charge in [-0.1, -0.05) is 24.3 Å². The monoisotopic (exact) mass is 214 g/mol. The van der Waals surface area contributed by atoms with Crippen molar-refractivity contribution in [3.63, 3.8) is 0 Å². The van der Waals surface area contributed by atoms with E-state index in [4.69, 9.17) is 0 Å². The van der Waals surface area contributed by atoms with Gasteiger partial charge in [0, 0.05) is 17.3 Å². The van der Waals surface area contributed by atoms with E-state index in [1.807, 2.05) is 16.8 Å². The van der Waals surface area contributed by atoms with E-state index in [9.17, 15) is 4.79 Å². The molecule has 0 atom stereocenters. The second-order valence-corrected chi connectivity index (χ2v) is 4.96. The van der Waals surface area contributed by atoms with E-state index >= 15 is 0 Å². The van der Waals surface area contributed by atoms with Gasteiger partial charge in [0.25, 0.3) is 0 Å². The van der Waals surface area contributed by atoms with E-state index in [1.165, 1.54) is 11.1 Å². The van der Waals surface area contributed by atoms with Gasteiger partial charge in [-0.3, -0.25) is 4.57 Å². The minimum atomic E-state index is -0.152. The Morgan fingerprint density at radius 2 is 2.06 bits per heavy atom. The van der Waals surface area contributed by atoms with E-state index in [2.05, 4.69) is 37.0 Å². The molecule has 0 saturated heterocycles. The van der Waals surface area contributed by atoms with Gasteiger partial charge in [-0.2, -0.15) is 0 Å². The molecule has 0 aliphatic carbocycles. The molecule has 3 rings (SSSR count). The molecule has 0 bridgehead atoms. The van der Waals surface area contributed by atoms with Crippen molar-refractivity contribution in [2.45, 2.75) is 25.8 Å². The highest BCUT2D eigenvalue weighted by Crippen LogP contribution is 2.35. The first-order valence-corrected chi connectivity index (χ1v) is 5.49. The largest absolute Gasteiger partial charge is 0.326 e. The topological polar surface area (TPSA) is 37.8 Å². The Balaban J connectivity index is 2.39. The van der Waals surface area contributed by atoms with Gasteiger partial charge in [-0.05, 0) is 25.8 Å². The van der Waals surface area contributed by atoms with Crippen LogP contribution in [0.4, 0.5) is 0 Å². The third-order valence-electron chi connectivity index (χ3n) is 3.30. The molecule has 0 saturated carbocycles. The highest BCUT2D eigenvalue weighted by molar-refractivity contribution is 5.66. The lowest BCUT2D eigenvalue weighted by molar-refractivity contribution is 0.339. The van der Waals surface area contributed by atoms with Gasteiger partial charge in [0.05, 0.1) is 5.69 Å². The summed E-state index contributed by atoms with van der Waals surface area (Å²) in [4.78, 5) is 14.6. The summed E-state index contributed by atoms with van der Waals surface area (Å²) in [6.45, 7) is 4.20. The van der Waals surface area contributed by atoms with E-state index < -0.39 is 0 Å².